The fourth-order valence-corrected chi connectivity index (χ4v) is 2.38. The first-order valence-electron chi connectivity index (χ1n) is 5.65. The summed E-state index contributed by atoms with van der Waals surface area (Å²) < 4.78 is 1.96. The van der Waals surface area contributed by atoms with Crippen LogP contribution in [0.2, 0.25) is 0 Å². The third kappa shape index (κ3) is 1.92. The first kappa shape index (κ1) is 10.6. The maximum Gasteiger partial charge on any atom is 0.0582 e. The lowest BCUT2D eigenvalue weighted by molar-refractivity contribution is 0.0940. The first-order valence-corrected chi connectivity index (χ1v) is 5.65. The summed E-state index contributed by atoms with van der Waals surface area (Å²) in [6, 6.07) is 2.00. The fraction of sp³-hybridized carbons (Fsp3) is 0.727. The third-order valence-corrected chi connectivity index (χ3v) is 3.37. The molecule has 0 aromatic carbocycles. The molecule has 0 spiro atoms. The fourth-order valence-electron chi connectivity index (χ4n) is 2.38. The molecule has 0 amide bonds. The molecule has 0 saturated heterocycles. The van der Waals surface area contributed by atoms with Crippen molar-refractivity contribution in [2.24, 2.45) is 5.73 Å². The van der Waals surface area contributed by atoms with E-state index in [0.29, 0.717) is 0 Å². The zero-order chi connectivity index (χ0) is 10.9. The molecule has 1 aromatic heterocycles. The molecule has 0 atom stereocenters. The minimum absolute atomic E-state index is 0.167. The van der Waals surface area contributed by atoms with Gasteiger partial charge < -0.3 is 10.8 Å². The van der Waals surface area contributed by atoms with Gasteiger partial charge in [-0.3, -0.25) is 4.68 Å². The predicted octanol–water partition coefficient (Wildman–Crippen LogP) is 0.992. The number of aryl methyl sites for hydroxylation is 1. The molecule has 0 radical (unpaired) electrons. The maximum atomic E-state index is 9.49. The smallest absolute Gasteiger partial charge is 0.0582 e. The molecule has 3 N–H and O–H groups in total. The topological polar surface area (TPSA) is 64.1 Å². The van der Waals surface area contributed by atoms with Crippen LogP contribution in [0.5, 0.6) is 0 Å². The van der Waals surface area contributed by atoms with E-state index in [1.54, 1.807) is 6.20 Å². The SMILES string of the molecule is CCn1nccc1C1(N)CCC(O)CC1. The molecule has 0 aliphatic heterocycles. The summed E-state index contributed by atoms with van der Waals surface area (Å²) in [6.07, 6.45) is 4.93. The summed E-state index contributed by atoms with van der Waals surface area (Å²) in [7, 11) is 0. The second-order valence-electron chi connectivity index (χ2n) is 4.42. The Bertz CT molecular complexity index is 326. The lowest BCUT2D eigenvalue weighted by Gasteiger charge is -2.35. The largest absolute Gasteiger partial charge is 0.393 e. The summed E-state index contributed by atoms with van der Waals surface area (Å²) in [4.78, 5) is 0. The molecule has 4 nitrogen and oxygen atoms in total. The van der Waals surface area contributed by atoms with Crippen molar-refractivity contribution < 1.29 is 5.11 Å². The molecule has 4 heteroatoms. The van der Waals surface area contributed by atoms with Crippen LogP contribution in [0.4, 0.5) is 0 Å². The average Bonchev–Trinajstić information content (AvgIpc) is 2.71. The standard InChI is InChI=1S/C11H19N3O/c1-2-14-10(5-8-13-14)11(12)6-3-9(15)4-7-11/h5,8-9,15H,2-4,6-7,12H2,1H3. The van der Waals surface area contributed by atoms with Crippen LogP contribution in [0.25, 0.3) is 0 Å². The van der Waals surface area contributed by atoms with Crippen LogP contribution in [0.3, 0.4) is 0 Å². The second kappa shape index (κ2) is 3.94. The Labute approximate surface area is 90.1 Å². The van der Waals surface area contributed by atoms with Crippen LogP contribution in [-0.2, 0) is 12.1 Å². The molecular weight excluding hydrogens is 190 g/mol. The lowest BCUT2D eigenvalue weighted by Crippen LogP contribution is -2.43. The molecule has 0 bridgehead atoms. The van der Waals surface area contributed by atoms with E-state index in [4.69, 9.17) is 5.73 Å². The highest BCUT2D eigenvalue weighted by Crippen LogP contribution is 2.34. The average molecular weight is 209 g/mol. The number of aliphatic hydroxyl groups excluding tert-OH is 1. The van der Waals surface area contributed by atoms with Crippen molar-refractivity contribution in [1.29, 1.82) is 0 Å². The third-order valence-electron chi connectivity index (χ3n) is 3.37. The van der Waals surface area contributed by atoms with Crippen molar-refractivity contribution in [2.75, 3.05) is 0 Å². The summed E-state index contributed by atoms with van der Waals surface area (Å²) in [5, 5.41) is 13.7. The predicted molar refractivity (Wildman–Crippen MR) is 58.2 cm³/mol. The van der Waals surface area contributed by atoms with Crippen LogP contribution in [0.1, 0.15) is 38.3 Å². The van der Waals surface area contributed by atoms with E-state index in [-0.39, 0.29) is 11.6 Å². The molecule has 1 saturated carbocycles. The highest BCUT2D eigenvalue weighted by atomic mass is 16.3. The van der Waals surface area contributed by atoms with Crippen LogP contribution in [0, 0.1) is 0 Å². The normalized spacial score (nSPS) is 31.8. The van der Waals surface area contributed by atoms with Gasteiger partial charge in [0, 0.05) is 12.7 Å². The van der Waals surface area contributed by atoms with Gasteiger partial charge in [0.1, 0.15) is 0 Å². The zero-order valence-corrected chi connectivity index (χ0v) is 9.19. The molecule has 0 unspecified atom stereocenters. The van der Waals surface area contributed by atoms with E-state index in [0.717, 1.165) is 37.9 Å². The number of hydrogen-bond donors (Lipinski definition) is 2. The van der Waals surface area contributed by atoms with Gasteiger partial charge in [-0.15, -0.1) is 0 Å². The van der Waals surface area contributed by atoms with Crippen LogP contribution in [0.15, 0.2) is 12.3 Å². The number of aromatic nitrogens is 2. The summed E-state index contributed by atoms with van der Waals surface area (Å²) in [5.41, 5.74) is 7.21. The Morgan fingerprint density at radius 3 is 2.87 bits per heavy atom. The lowest BCUT2D eigenvalue weighted by atomic mass is 9.79. The molecule has 1 aliphatic carbocycles. The van der Waals surface area contributed by atoms with Gasteiger partial charge in [-0.2, -0.15) is 5.10 Å². The van der Waals surface area contributed by atoms with Gasteiger partial charge in [0.2, 0.25) is 0 Å². The first-order chi connectivity index (χ1) is 7.15. The van der Waals surface area contributed by atoms with Gasteiger partial charge in [0.15, 0.2) is 0 Å². The van der Waals surface area contributed by atoms with E-state index in [1.165, 1.54) is 0 Å². The van der Waals surface area contributed by atoms with Gasteiger partial charge in [-0.25, -0.2) is 0 Å². The molecule has 1 heterocycles. The molecule has 84 valence electrons. The van der Waals surface area contributed by atoms with E-state index in [1.807, 2.05) is 10.7 Å². The number of nitrogens with two attached hydrogens (primary N) is 1. The van der Waals surface area contributed by atoms with Crippen LogP contribution < -0.4 is 5.73 Å². The zero-order valence-electron chi connectivity index (χ0n) is 9.19. The van der Waals surface area contributed by atoms with Crippen molar-refractivity contribution >= 4 is 0 Å². The highest BCUT2D eigenvalue weighted by molar-refractivity contribution is 5.15. The van der Waals surface area contributed by atoms with Gasteiger partial charge in [-0.05, 0) is 38.7 Å². The van der Waals surface area contributed by atoms with Crippen LogP contribution in [-0.4, -0.2) is 21.0 Å². The number of hydrogen-bond acceptors (Lipinski definition) is 3. The minimum Gasteiger partial charge on any atom is -0.393 e. The molecule has 1 aromatic rings. The monoisotopic (exact) mass is 209 g/mol. The number of rotatable bonds is 2. The Hall–Kier alpha value is -0.870. The van der Waals surface area contributed by atoms with E-state index < -0.39 is 0 Å². The Morgan fingerprint density at radius 1 is 1.60 bits per heavy atom. The summed E-state index contributed by atoms with van der Waals surface area (Å²) >= 11 is 0. The molecule has 1 fully saturated rings. The van der Waals surface area contributed by atoms with Gasteiger partial charge in [-0.1, -0.05) is 0 Å². The van der Waals surface area contributed by atoms with Gasteiger partial charge >= 0.3 is 0 Å². The van der Waals surface area contributed by atoms with E-state index in [9.17, 15) is 5.11 Å². The highest BCUT2D eigenvalue weighted by Gasteiger charge is 2.34. The Balaban J connectivity index is 2.22. The van der Waals surface area contributed by atoms with Crippen molar-refractivity contribution in [3.05, 3.63) is 18.0 Å². The van der Waals surface area contributed by atoms with Crippen molar-refractivity contribution in [3.63, 3.8) is 0 Å². The number of aliphatic hydroxyl groups is 1. The summed E-state index contributed by atoms with van der Waals surface area (Å²) in [6.45, 7) is 2.92. The molecule has 2 rings (SSSR count). The quantitative estimate of drug-likeness (QED) is 0.763. The molecular formula is C11H19N3O. The summed E-state index contributed by atoms with van der Waals surface area (Å²) in [5.74, 6) is 0. The second-order valence-corrected chi connectivity index (χ2v) is 4.42. The van der Waals surface area contributed by atoms with Gasteiger partial charge in [0.05, 0.1) is 17.3 Å². The maximum absolute atomic E-state index is 9.49. The van der Waals surface area contributed by atoms with E-state index >= 15 is 0 Å². The van der Waals surface area contributed by atoms with Crippen LogP contribution >= 0.6 is 0 Å². The number of nitrogens with zero attached hydrogens (tertiary/aromatic N) is 2. The van der Waals surface area contributed by atoms with Crippen molar-refractivity contribution in [2.45, 2.75) is 50.8 Å². The van der Waals surface area contributed by atoms with Crippen molar-refractivity contribution in [3.8, 4) is 0 Å². The Morgan fingerprint density at radius 2 is 2.27 bits per heavy atom. The van der Waals surface area contributed by atoms with Crippen molar-refractivity contribution in [1.82, 2.24) is 9.78 Å². The molecule has 1 aliphatic rings. The molecule has 15 heavy (non-hydrogen) atoms. The minimum atomic E-state index is -0.286. The van der Waals surface area contributed by atoms with Gasteiger partial charge in [0.25, 0.3) is 0 Å². The Kier molecular flexibility index (Phi) is 2.80. The van der Waals surface area contributed by atoms with E-state index in [2.05, 4.69) is 12.0 Å².